The van der Waals surface area contributed by atoms with Crippen LogP contribution in [0.5, 0.6) is 11.5 Å². The summed E-state index contributed by atoms with van der Waals surface area (Å²) < 4.78 is 34.2. The van der Waals surface area contributed by atoms with Crippen LogP contribution in [-0.2, 0) is 7.05 Å². The molecule has 1 aromatic carbocycles. The number of aliphatic hydroxyl groups is 1. The van der Waals surface area contributed by atoms with Gasteiger partial charge in [-0.15, -0.1) is 0 Å². The Balaban J connectivity index is 1.64. The van der Waals surface area contributed by atoms with Crippen LogP contribution in [0.2, 0.25) is 0 Å². The molecule has 1 saturated carbocycles. The maximum absolute atomic E-state index is 13.9. The molecule has 29 heavy (non-hydrogen) atoms. The van der Waals surface area contributed by atoms with Gasteiger partial charge in [0.05, 0.1) is 6.10 Å². The van der Waals surface area contributed by atoms with Gasteiger partial charge in [0.2, 0.25) is 5.95 Å². The molecule has 0 atom stereocenters. The molecule has 0 aliphatic heterocycles. The predicted molar refractivity (Wildman–Crippen MR) is 103 cm³/mol. The minimum Gasteiger partial charge on any atom is -0.445 e. The Morgan fingerprint density at radius 2 is 1.90 bits per heavy atom. The molecule has 7 nitrogen and oxygen atoms in total. The molecule has 4 rings (SSSR count). The first-order chi connectivity index (χ1) is 13.9. The lowest BCUT2D eigenvalue weighted by Crippen LogP contribution is -2.29. The lowest BCUT2D eigenvalue weighted by molar-refractivity contribution is 0.126. The Labute approximate surface area is 165 Å². The highest BCUT2D eigenvalue weighted by Gasteiger charge is 2.20. The fourth-order valence-electron chi connectivity index (χ4n) is 3.45. The second-order valence-electron chi connectivity index (χ2n) is 7.15. The van der Waals surface area contributed by atoms with Gasteiger partial charge < -0.3 is 15.2 Å². The number of aliphatic hydroxyl groups excluding tert-OH is 1. The summed E-state index contributed by atoms with van der Waals surface area (Å²) in [7, 11) is 1.50. The van der Waals surface area contributed by atoms with E-state index in [1.54, 1.807) is 0 Å². The fourth-order valence-corrected chi connectivity index (χ4v) is 3.45. The quantitative estimate of drug-likeness (QED) is 0.697. The summed E-state index contributed by atoms with van der Waals surface area (Å²) in [4.78, 5) is 21.3. The van der Waals surface area contributed by atoms with Crippen LogP contribution in [0.1, 0.15) is 25.7 Å². The zero-order valence-electron chi connectivity index (χ0n) is 15.7. The summed E-state index contributed by atoms with van der Waals surface area (Å²) >= 11 is 0. The van der Waals surface area contributed by atoms with E-state index in [0.29, 0.717) is 17.0 Å². The van der Waals surface area contributed by atoms with Crippen LogP contribution in [0.4, 0.5) is 14.7 Å². The number of nitrogens with one attached hydrogen (secondary N) is 1. The number of benzene rings is 1. The van der Waals surface area contributed by atoms with Crippen molar-refractivity contribution in [3.05, 3.63) is 52.5 Å². The van der Waals surface area contributed by atoms with E-state index in [0.717, 1.165) is 37.8 Å². The highest BCUT2D eigenvalue weighted by molar-refractivity contribution is 5.76. The number of aryl methyl sites for hydroxylation is 1. The summed E-state index contributed by atoms with van der Waals surface area (Å²) in [6, 6.07) is 4.83. The third-order valence-electron chi connectivity index (χ3n) is 5.08. The SMILES string of the molecule is Cn1c(=O)c(Oc2c(F)cccc2F)cc2cnc(NC3CCC(O)CC3)nc21. The Bertz CT molecular complexity index is 1090. The summed E-state index contributed by atoms with van der Waals surface area (Å²) in [5, 5.41) is 13.3. The van der Waals surface area contributed by atoms with E-state index in [4.69, 9.17) is 4.74 Å². The standard InChI is InChI=1S/C20H20F2N4O3/c1-26-18-11(10-23-20(25-18)24-12-5-7-13(27)8-6-12)9-16(19(26)28)29-17-14(21)3-2-4-15(17)22/h2-4,9-10,12-13,27H,5-8H2,1H3,(H,23,24,25). The predicted octanol–water partition coefficient (Wildman–Crippen LogP) is 3.11. The third-order valence-corrected chi connectivity index (χ3v) is 5.08. The van der Waals surface area contributed by atoms with Crippen molar-refractivity contribution < 1.29 is 18.6 Å². The van der Waals surface area contributed by atoms with Crippen molar-refractivity contribution in [2.24, 2.45) is 7.05 Å². The largest absolute Gasteiger partial charge is 0.445 e. The normalized spacial score (nSPS) is 19.3. The van der Waals surface area contributed by atoms with Crippen molar-refractivity contribution in [1.29, 1.82) is 0 Å². The first-order valence-corrected chi connectivity index (χ1v) is 9.35. The van der Waals surface area contributed by atoms with E-state index in [1.807, 2.05) is 0 Å². The average molecular weight is 402 g/mol. The Morgan fingerprint density at radius 1 is 1.21 bits per heavy atom. The summed E-state index contributed by atoms with van der Waals surface area (Å²) in [6.45, 7) is 0. The van der Waals surface area contributed by atoms with Crippen LogP contribution in [0.3, 0.4) is 0 Å². The molecule has 0 amide bonds. The summed E-state index contributed by atoms with van der Waals surface area (Å²) in [5.74, 6) is -2.29. The van der Waals surface area contributed by atoms with Crippen LogP contribution in [-0.4, -0.2) is 31.8 Å². The molecule has 2 heterocycles. The lowest BCUT2D eigenvalue weighted by Gasteiger charge is -2.26. The van der Waals surface area contributed by atoms with Crippen molar-refractivity contribution in [1.82, 2.24) is 14.5 Å². The average Bonchev–Trinajstić information content (AvgIpc) is 2.70. The Hall–Kier alpha value is -3.07. The zero-order valence-corrected chi connectivity index (χ0v) is 15.7. The van der Waals surface area contributed by atoms with Crippen LogP contribution < -0.4 is 15.6 Å². The smallest absolute Gasteiger partial charge is 0.294 e. The van der Waals surface area contributed by atoms with Gasteiger partial charge in [-0.2, -0.15) is 4.98 Å². The van der Waals surface area contributed by atoms with Crippen LogP contribution in [0.15, 0.2) is 35.3 Å². The van der Waals surface area contributed by atoms with E-state index in [9.17, 15) is 18.7 Å². The summed E-state index contributed by atoms with van der Waals surface area (Å²) in [6.07, 6.45) is 4.31. The van der Waals surface area contributed by atoms with E-state index >= 15 is 0 Å². The molecule has 0 saturated heterocycles. The van der Waals surface area contributed by atoms with Gasteiger partial charge >= 0.3 is 0 Å². The molecule has 1 fully saturated rings. The lowest BCUT2D eigenvalue weighted by atomic mass is 9.93. The van der Waals surface area contributed by atoms with Gasteiger partial charge in [0, 0.05) is 24.7 Å². The van der Waals surface area contributed by atoms with Crippen molar-refractivity contribution in [2.75, 3.05) is 5.32 Å². The van der Waals surface area contributed by atoms with Crippen molar-refractivity contribution in [3.63, 3.8) is 0 Å². The number of pyridine rings is 1. The Morgan fingerprint density at radius 3 is 2.59 bits per heavy atom. The number of fused-ring (bicyclic) bond motifs is 1. The van der Waals surface area contributed by atoms with Gasteiger partial charge in [0.25, 0.3) is 5.56 Å². The molecule has 1 aliphatic carbocycles. The Kier molecular flexibility index (Phi) is 5.14. The number of nitrogens with zero attached hydrogens (tertiary/aromatic N) is 3. The molecule has 0 spiro atoms. The highest BCUT2D eigenvalue weighted by Crippen LogP contribution is 2.27. The van der Waals surface area contributed by atoms with Crippen LogP contribution >= 0.6 is 0 Å². The number of hydrogen-bond acceptors (Lipinski definition) is 6. The van der Waals surface area contributed by atoms with E-state index < -0.39 is 22.9 Å². The molecule has 0 unspecified atom stereocenters. The molecule has 2 N–H and O–H groups in total. The molecule has 1 aliphatic rings. The molecular formula is C20H20F2N4O3. The minimum atomic E-state index is -0.902. The van der Waals surface area contributed by atoms with Gasteiger partial charge in [0.1, 0.15) is 5.65 Å². The van der Waals surface area contributed by atoms with E-state index in [-0.39, 0.29) is 17.9 Å². The molecular weight excluding hydrogens is 382 g/mol. The molecule has 9 heteroatoms. The number of anilines is 1. The number of ether oxygens (including phenoxy) is 1. The molecule has 152 valence electrons. The summed E-state index contributed by atoms with van der Waals surface area (Å²) in [5.41, 5.74) is -0.213. The molecule has 0 bridgehead atoms. The van der Waals surface area contributed by atoms with E-state index in [1.165, 1.54) is 29.9 Å². The maximum atomic E-state index is 13.9. The maximum Gasteiger partial charge on any atom is 0.294 e. The van der Waals surface area contributed by atoms with Crippen molar-refractivity contribution >= 4 is 17.0 Å². The second-order valence-corrected chi connectivity index (χ2v) is 7.15. The topological polar surface area (TPSA) is 89.3 Å². The monoisotopic (exact) mass is 402 g/mol. The molecule has 0 radical (unpaired) electrons. The highest BCUT2D eigenvalue weighted by atomic mass is 19.1. The first-order valence-electron chi connectivity index (χ1n) is 9.35. The number of halogens is 2. The van der Waals surface area contributed by atoms with Gasteiger partial charge in [0.15, 0.2) is 23.1 Å². The number of rotatable bonds is 4. The zero-order chi connectivity index (χ0) is 20.5. The number of para-hydroxylation sites is 1. The van der Waals surface area contributed by atoms with Crippen LogP contribution in [0.25, 0.3) is 11.0 Å². The van der Waals surface area contributed by atoms with Gasteiger partial charge in [-0.05, 0) is 43.9 Å². The third kappa shape index (κ3) is 3.91. The van der Waals surface area contributed by atoms with Crippen LogP contribution in [0, 0.1) is 11.6 Å². The molecule has 3 aromatic rings. The molecule has 2 aromatic heterocycles. The second kappa shape index (κ2) is 7.75. The number of hydrogen-bond donors (Lipinski definition) is 2. The van der Waals surface area contributed by atoms with Gasteiger partial charge in [-0.25, -0.2) is 13.8 Å². The van der Waals surface area contributed by atoms with Gasteiger partial charge in [-0.3, -0.25) is 9.36 Å². The fraction of sp³-hybridized carbons (Fsp3) is 0.350. The van der Waals surface area contributed by atoms with E-state index in [2.05, 4.69) is 15.3 Å². The first kappa shape index (κ1) is 19.3. The van der Waals surface area contributed by atoms with Crippen molar-refractivity contribution in [2.45, 2.75) is 37.8 Å². The minimum absolute atomic E-state index is 0.152. The van der Waals surface area contributed by atoms with Gasteiger partial charge in [-0.1, -0.05) is 6.07 Å². The van der Waals surface area contributed by atoms with Crippen molar-refractivity contribution in [3.8, 4) is 11.5 Å². The number of aromatic nitrogens is 3.